The number of hydrogen-bond acceptors (Lipinski definition) is 3. The minimum atomic E-state index is -0.572. The molecule has 1 aromatic rings. The summed E-state index contributed by atoms with van der Waals surface area (Å²) in [6.07, 6.45) is 0. The number of nitro benzene ring substituents is 1. The Labute approximate surface area is 74.1 Å². The van der Waals surface area contributed by atoms with Gasteiger partial charge in [0.15, 0.2) is 0 Å². The molecule has 1 aromatic carbocycles. The summed E-state index contributed by atoms with van der Waals surface area (Å²) in [7, 11) is 0. The fourth-order valence-electron chi connectivity index (χ4n) is 0.821. The van der Waals surface area contributed by atoms with Gasteiger partial charge in [-0.1, -0.05) is 0 Å². The highest BCUT2D eigenvalue weighted by molar-refractivity contribution is 5.35. The highest BCUT2D eigenvalue weighted by Crippen LogP contribution is 2.16. The fourth-order valence-corrected chi connectivity index (χ4v) is 0.821. The third-order valence-corrected chi connectivity index (χ3v) is 1.39. The molecule has 0 aromatic heterocycles. The molecule has 5 heteroatoms. The molecule has 70 valence electrons. The zero-order valence-corrected chi connectivity index (χ0v) is 6.77. The van der Waals surface area contributed by atoms with Crippen molar-refractivity contribution in [3.63, 3.8) is 0 Å². The molecule has 13 heavy (non-hydrogen) atoms. The second-order valence-electron chi connectivity index (χ2n) is 2.29. The Morgan fingerprint density at radius 1 is 1.38 bits per heavy atom. The lowest BCUT2D eigenvalue weighted by molar-refractivity contribution is -0.384. The van der Waals surface area contributed by atoms with Gasteiger partial charge >= 0.3 is 0 Å². The van der Waals surface area contributed by atoms with Gasteiger partial charge in [-0.2, -0.15) is 0 Å². The molecule has 0 saturated carbocycles. The fraction of sp³-hybridized carbons (Fsp3) is 0.250. The highest BCUT2D eigenvalue weighted by Gasteiger charge is 2.03. The van der Waals surface area contributed by atoms with Crippen molar-refractivity contribution in [2.45, 2.75) is 0 Å². The lowest BCUT2D eigenvalue weighted by Crippen LogP contribution is -1.98. The van der Waals surface area contributed by atoms with Gasteiger partial charge in [-0.05, 0) is 12.1 Å². The van der Waals surface area contributed by atoms with Crippen molar-refractivity contribution < 1.29 is 14.1 Å². The van der Waals surface area contributed by atoms with Crippen molar-refractivity contribution in [2.24, 2.45) is 0 Å². The molecule has 0 amide bonds. The molecular weight excluding hydrogens is 176 g/mol. The largest absolute Gasteiger partial charge is 0.491 e. The Bertz CT molecular complexity index is 286. The average Bonchev–Trinajstić information content (AvgIpc) is 2.15. The maximum absolute atomic E-state index is 11.7. The number of hydrogen-bond donors (Lipinski definition) is 0. The number of non-ortho nitro benzene ring substituents is 1. The van der Waals surface area contributed by atoms with E-state index >= 15 is 0 Å². The van der Waals surface area contributed by atoms with Crippen molar-refractivity contribution in [3.8, 4) is 5.75 Å². The van der Waals surface area contributed by atoms with Crippen LogP contribution in [-0.2, 0) is 0 Å². The summed E-state index contributed by atoms with van der Waals surface area (Å²) in [5.74, 6) is 0.434. The average molecular weight is 184 g/mol. The Kier molecular flexibility index (Phi) is 3.19. The molecule has 1 rings (SSSR count). The van der Waals surface area contributed by atoms with E-state index in [-0.39, 0.29) is 12.3 Å². The zero-order valence-electron chi connectivity index (χ0n) is 6.77. The van der Waals surface area contributed by atoms with E-state index in [1.807, 2.05) is 0 Å². The normalized spacial score (nSPS) is 9.62. The van der Waals surface area contributed by atoms with Crippen LogP contribution in [0.25, 0.3) is 0 Å². The van der Waals surface area contributed by atoms with Crippen molar-refractivity contribution >= 4 is 5.69 Å². The van der Waals surface area contributed by atoms with E-state index in [1.165, 1.54) is 24.3 Å². The summed E-state index contributed by atoms with van der Waals surface area (Å²) in [4.78, 5) is 9.73. The monoisotopic (exact) mass is 184 g/mol. The molecule has 0 atom stereocenters. The van der Waals surface area contributed by atoms with Gasteiger partial charge in [-0.25, -0.2) is 4.39 Å². The molecule has 0 aliphatic rings. The van der Waals surface area contributed by atoms with Gasteiger partial charge in [0.25, 0.3) is 5.69 Å². The number of alkyl halides is 1. The predicted molar refractivity (Wildman–Crippen MR) is 44.6 cm³/mol. The molecule has 0 unspecified atom stereocenters. The summed E-state index contributed by atoms with van der Waals surface area (Å²) in [6.45, 7) is -0.602. The Morgan fingerprint density at radius 2 is 2.00 bits per heavy atom. The number of nitro groups is 1. The maximum atomic E-state index is 11.7. The van der Waals surface area contributed by atoms with E-state index in [2.05, 4.69) is 0 Å². The molecule has 0 aliphatic heterocycles. The molecule has 0 fully saturated rings. The first-order chi connectivity index (χ1) is 6.24. The number of halogens is 1. The van der Waals surface area contributed by atoms with Gasteiger partial charge in [0.2, 0.25) is 0 Å². The first kappa shape index (κ1) is 9.44. The maximum Gasteiger partial charge on any atom is 0.269 e. The third-order valence-electron chi connectivity index (χ3n) is 1.39. The van der Waals surface area contributed by atoms with Crippen LogP contribution in [0.15, 0.2) is 24.3 Å². The van der Waals surface area contributed by atoms with E-state index in [1.54, 1.807) is 0 Å². The first-order valence-electron chi connectivity index (χ1n) is 3.67. The van der Waals surface area contributed by atoms with Crippen LogP contribution >= 0.6 is 0 Å². The number of ether oxygens (including phenoxy) is 1. The van der Waals surface area contributed by atoms with E-state index in [4.69, 9.17) is 4.74 Å². The Morgan fingerprint density at radius 3 is 2.46 bits per heavy atom. The van der Waals surface area contributed by atoms with Gasteiger partial charge in [0, 0.05) is 12.1 Å². The molecule has 0 N–H and O–H groups in total. The predicted octanol–water partition coefficient (Wildman–Crippen LogP) is 1.94. The summed E-state index contributed by atoms with van der Waals surface area (Å²) in [5.41, 5.74) is -0.00685. The lowest BCUT2D eigenvalue weighted by atomic mass is 10.3. The van der Waals surface area contributed by atoms with E-state index in [0.29, 0.717) is 5.75 Å². The molecule has 0 aliphatic carbocycles. The van der Waals surface area contributed by atoms with Crippen molar-refractivity contribution in [1.29, 1.82) is 0 Å². The van der Waals surface area contributed by atoms with Crippen molar-refractivity contribution in [1.82, 2.24) is 0 Å². The molecule has 0 radical (unpaired) electrons. The Balaban J connectivity index is 2.64. The number of nitrogens with zero attached hydrogens (tertiary/aromatic N) is 1. The standard InChI is InChI=1S/C8H8FNO3/c9-5-6-13-8-3-1-7(2-4-8)10(11)12/h1-4H,5-6H2/i9-1. The molecule has 0 spiro atoms. The number of benzene rings is 1. The summed E-state index contributed by atoms with van der Waals surface area (Å²) in [5, 5.41) is 10.2. The second-order valence-corrected chi connectivity index (χ2v) is 2.29. The summed E-state index contributed by atoms with van der Waals surface area (Å²) < 4.78 is 16.5. The van der Waals surface area contributed by atoms with Crippen LogP contribution in [-0.4, -0.2) is 18.2 Å². The van der Waals surface area contributed by atoms with E-state index in [9.17, 15) is 14.5 Å². The van der Waals surface area contributed by atoms with Crippen LogP contribution in [0.4, 0.5) is 10.1 Å². The molecule has 0 heterocycles. The smallest absolute Gasteiger partial charge is 0.269 e. The van der Waals surface area contributed by atoms with E-state index < -0.39 is 11.6 Å². The van der Waals surface area contributed by atoms with Crippen LogP contribution in [0, 0.1) is 10.1 Å². The summed E-state index contributed by atoms with van der Waals surface area (Å²) >= 11 is 0. The van der Waals surface area contributed by atoms with Gasteiger partial charge in [-0.3, -0.25) is 10.1 Å². The summed E-state index contributed by atoms with van der Waals surface area (Å²) in [6, 6.07) is 5.50. The van der Waals surface area contributed by atoms with Crippen LogP contribution in [0.5, 0.6) is 5.75 Å². The minimum absolute atomic E-state index is 0.00685. The molecule has 0 saturated heterocycles. The zero-order chi connectivity index (χ0) is 9.68. The van der Waals surface area contributed by atoms with E-state index in [0.717, 1.165) is 0 Å². The van der Waals surface area contributed by atoms with Crippen LogP contribution < -0.4 is 4.74 Å². The Hall–Kier alpha value is -1.65. The van der Waals surface area contributed by atoms with Gasteiger partial charge in [0.1, 0.15) is 19.0 Å². The van der Waals surface area contributed by atoms with Gasteiger partial charge in [0.05, 0.1) is 4.92 Å². The first-order valence-corrected chi connectivity index (χ1v) is 3.67. The molecule has 0 bridgehead atoms. The van der Waals surface area contributed by atoms with Crippen LogP contribution in [0.1, 0.15) is 0 Å². The quantitative estimate of drug-likeness (QED) is 0.530. The minimum Gasteiger partial charge on any atom is -0.491 e. The van der Waals surface area contributed by atoms with Crippen LogP contribution in [0.2, 0.25) is 0 Å². The lowest BCUT2D eigenvalue weighted by Gasteiger charge is -2.01. The molecule has 4 nitrogen and oxygen atoms in total. The van der Waals surface area contributed by atoms with Crippen molar-refractivity contribution in [2.75, 3.05) is 13.3 Å². The second kappa shape index (κ2) is 4.39. The topological polar surface area (TPSA) is 52.4 Å². The van der Waals surface area contributed by atoms with Crippen LogP contribution in [0.3, 0.4) is 0 Å². The third kappa shape index (κ3) is 2.70. The van der Waals surface area contributed by atoms with Gasteiger partial charge < -0.3 is 4.74 Å². The molecular formula is C8H8FNO3. The van der Waals surface area contributed by atoms with Gasteiger partial charge in [-0.15, -0.1) is 0 Å². The SMILES string of the molecule is O=[N+]([O-])c1ccc(OCC[18F])cc1. The number of rotatable bonds is 4. The van der Waals surface area contributed by atoms with Crippen molar-refractivity contribution in [3.05, 3.63) is 34.4 Å². The highest BCUT2D eigenvalue weighted by atomic mass is 18.2.